The highest BCUT2D eigenvalue weighted by atomic mass is 32.2. The molecule has 1 aliphatic rings. The summed E-state index contributed by atoms with van der Waals surface area (Å²) in [5, 5.41) is 12.5. The lowest BCUT2D eigenvalue weighted by molar-refractivity contribution is 0.0950. The summed E-state index contributed by atoms with van der Waals surface area (Å²) in [6, 6.07) is 15.9. The molecule has 2 heterocycles. The Morgan fingerprint density at radius 1 is 1.09 bits per heavy atom. The Kier molecular flexibility index (Phi) is 6.77. The van der Waals surface area contributed by atoms with Gasteiger partial charge in [-0.2, -0.15) is 9.57 Å². The molecule has 0 radical (unpaired) electrons. The number of nitrogens with one attached hydrogen (secondary N) is 1. The van der Waals surface area contributed by atoms with E-state index >= 15 is 0 Å². The van der Waals surface area contributed by atoms with E-state index in [0.29, 0.717) is 29.8 Å². The number of pyridine rings is 1. The normalized spacial score (nSPS) is 14.0. The molecule has 1 amide bonds. The van der Waals surface area contributed by atoms with Crippen molar-refractivity contribution in [2.24, 2.45) is 0 Å². The summed E-state index contributed by atoms with van der Waals surface area (Å²) in [6.45, 7) is 4.96. The van der Waals surface area contributed by atoms with Crippen LogP contribution in [0.5, 0.6) is 0 Å². The van der Waals surface area contributed by atoms with Crippen molar-refractivity contribution < 1.29 is 13.2 Å². The third-order valence-electron chi connectivity index (χ3n) is 5.90. The predicted octanol–water partition coefficient (Wildman–Crippen LogP) is 3.95. The SMILES string of the molecule is Cc1ccc(-c2cc(C(=O)NCc3ccc(C)nc3)cc(S(=O)(=O)N3CCCC3)c2)c(C#N)c1. The molecule has 0 saturated carbocycles. The third-order valence-corrected chi connectivity index (χ3v) is 7.78. The van der Waals surface area contributed by atoms with Crippen LogP contribution in [0.2, 0.25) is 0 Å². The molecular formula is C26H26N4O3S. The van der Waals surface area contributed by atoms with Crippen LogP contribution in [0, 0.1) is 25.2 Å². The molecular weight excluding hydrogens is 448 g/mol. The molecule has 1 aromatic heterocycles. The van der Waals surface area contributed by atoms with Crippen LogP contribution < -0.4 is 5.32 Å². The number of aromatic nitrogens is 1. The van der Waals surface area contributed by atoms with Gasteiger partial charge in [0.25, 0.3) is 5.91 Å². The Labute approximate surface area is 200 Å². The quantitative estimate of drug-likeness (QED) is 0.583. The van der Waals surface area contributed by atoms with Gasteiger partial charge in [-0.05, 0) is 79.3 Å². The summed E-state index contributed by atoms with van der Waals surface area (Å²) >= 11 is 0. The van der Waals surface area contributed by atoms with Gasteiger partial charge in [0.1, 0.15) is 0 Å². The molecule has 1 saturated heterocycles. The van der Waals surface area contributed by atoms with Gasteiger partial charge >= 0.3 is 0 Å². The number of hydrogen-bond acceptors (Lipinski definition) is 5. The van der Waals surface area contributed by atoms with Crippen LogP contribution in [0.4, 0.5) is 0 Å². The highest BCUT2D eigenvalue weighted by molar-refractivity contribution is 7.89. The fourth-order valence-electron chi connectivity index (χ4n) is 4.00. The van der Waals surface area contributed by atoms with Gasteiger partial charge in [0.15, 0.2) is 0 Å². The van der Waals surface area contributed by atoms with Crippen LogP contribution in [0.3, 0.4) is 0 Å². The minimum atomic E-state index is -3.76. The van der Waals surface area contributed by atoms with Crippen molar-refractivity contribution in [3.8, 4) is 17.2 Å². The third kappa shape index (κ3) is 5.01. The number of carbonyl (C=O) groups is 1. The highest BCUT2D eigenvalue weighted by Crippen LogP contribution is 2.30. The first-order valence-electron chi connectivity index (χ1n) is 11.1. The zero-order chi connectivity index (χ0) is 24.3. The van der Waals surface area contributed by atoms with Crippen LogP contribution in [0.15, 0.2) is 59.6 Å². The van der Waals surface area contributed by atoms with E-state index in [1.165, 1.54) is 10.4 Å². The number of amides is 1. The van der Waals surface area contributed by atoms with E-state index in [2.05, 4.69) is 16.4 Å². The van der Waals surface area contributed by atoms with E-state index in [4.69, 9.17) is 0 Å². The molecule has 0 aliphatic carbocycles. The van der Waals surface area contributed by atoms with Crippen molar-refractivity contribution in [3.63, 3.8) is 0 Å². The number of benzene rings is 2. The van der Waals surface area contributed by atoms with Crippen LogP contribution in [-0.2, 0) is 16.6 Å². The summed E-state index contributed by atoms with van der Waals surface area (Å²) < 4.78 is 28.1. The van der Waals surface area contributed by atoms with Crippen molar-refractivity contribution in [1.82, 2.24) is 14.6 Å². The maximum absolute atomic E-state index is 13.3. The largest absolute Gasteiger partial charge is 0.348 e. The summed E-state index contributed by atoms with van der Waals surface area (Å²) in [7, 11) is -3.76. The van der Waals surface area contributed by atoms with Gasteiger partial charge in [-0.3, -0.25) is 9.78 Å². The molecule has 3 aromatic rings. The minimum absolute atomic E-state index is 0.0542. The molecule has 7 nitrogen and oxygen atoms in total. The number of aryl methyl sites for hydroxylation is 2. The predicted molar refractivity (Wildman–Crippen MR) is 129 cm³/mol. The number of carbonyl (C=O) groups excluding carboxylic acids is 1. The Balaban J connectivity index is 1.75. The average Bonchev–Trinajstić information content (AvgIpc) is 3.39. The standard InChI is InChI=1S/C26H26N4O3S/c1-18-5-8-25(23(11-18)15-27)21-12-22(26(31)29-17-20-7-6-19(2)28-16-20)14-24(13-21)34(32,33)30-9-3-4-10-30/h5-8,11-14,16H,3-4,9-10,17H2,1-2H3,(H,29,31). The lowest BCUT2D eigenvalue weighted by Crippen LogP contribution is -2.28. The van der Waals surface area contributed by atoms with Crippen molar-refractivity contribution >= 4 is 15.9 Å². The fourth-order valence-corrected chi connectivity index (χ4v) is 5.59. The molecule has 1 fully saturated rings. The van der Waals surface area contributed by atoms with Gasteiger partial charge in [0.05, 0.1) is 16.5 Å². The Hall–Kier alpha value is -3.54. The maximum Gasteiger partial charge on any atom is 0.251 e. The van der Waals surface area contributed by atoms with Crippen molar-refractivity contribution in [3.05, 3.63) is 82.7 Å². The van der Waals surface area contributed by atoms with Gasteiger partial charge < -0.3 is 5.32 Å². The summed E-state index contributed by atoms with van der Waals surface area (Å²) in [5.74, 6) is -0.397. The second-order valence-corrected chi connectivity index (χ2v) is 10.4. The molecule has 0 atom stereocenters. The molecule has 2 aromatic carbocycles. The Morgan fingerprint density at radius 2 is 1.85 bits per heavy atom. The smallest absolute Gasteiger partial charge is 0.251 e. The maximum atomic E-state index is 13.3. The molecule has 174 valence electrons. The number of rotatable bonds is 6. The molecule has 1 N–H and O–H groups in total. The van der Waals surface area contributed by atoms with Gasteiger partial charge in [0, 0.05) is 37.1 Å². The van der Waals surface area contributed by atoms with Gasteiger partial charge in [-0.15, -0.1) is 0 Å². The summed E-state index contributed by atoms with van der Waals surface area (Å²) in [5.41, 5.74) is 4.39. The van der Waals surface area contributed by atoms with Gasteiger partial charge in [-0.25, -0.2) is 8.42 Å². The zero-order valence-corrected chi connectivity index (χ0v) is 20.0. The number of hydrogen-bond donors (Lipinski definition) is 1. The molecule has 34 heavy (non-hydrogen) atoms. The second-order valence-electron chi connectivity index (χ2n) is 8.51. The second kappa shape index (κ2) is 9.75. The van der Waals surface area contributed by atoms with E-state index in [0.717, 1.165) is 29.7 Å². The van der Waals surface area contributed by atoms with Crippen molar-refractivity contribution in [2.45, 2.75) is 38.1 Å². The first-order valence-corrected chi connectivity index (χ1v) is 12.6. The molecule has 1 aliphatic heterocycles. The lowest BCUT2D eigenvalue weighted by atomic mass is 9.97. The molecule has 0 unspecified atom stereocenters. The Morgan fingerprint density at radius 3 is 2.53 bits per heavy atom. The highest BCUT2D eigenvalue weighted by Gasteiger charge is 2.28. The van der Waals surface area contributed by atoms with E-state index in [-0.39, 0.29) is 17.0 Å². The number of nitriles is 1. The topological polar surface area (TPSA) is 103 Å². The summed E-state index contributed by atoms with van der Waals surface area (Å²) in [4.78, 5) is 17.4. The van der Waals surface area contributed by atoms with Crippen molar-refractivity contribution in [2.75, 3.05) is 13.1 Å². The van der Waals surface area contributed by atoms with E-state index in [1.807, 2.05) is 32.0 Å². The molecule has 0 bridgehead atoms. The van der Waals surface area contributed by atoms with Crippen LogP contribution in [0.1, 0.15) is 45.6 Å². The van der Waals surface area contributed by atoms with Crippen molar-refractivity contribution in [1.29, 1.82) is 5.26 Å². The van der Waals surface area contributed by atoms with Crippen LogP contribution >= 0.6 is 0 Å². The molecule has 4 rings (SSSR count). The number of sulfonamides is 1. The van der Waals surface area contributed by atoms with E-state index in [1.54, 1.807) is 30.5 Å². The fraction of sp³-hybridized carbons (Fsp3) is 0.269. The molecule has 0 spiro atoms. The monoisotopic (exact) mass is 474 g/mol. The van der Waals surface area contributed by atoms with Gasteiger partial charge in [-0.1, -0.05) is 18.2 Å². The van der Waals surface area contributed by atoms with Gasteiger partial charge in [0.2, 0.25) is 10.0 Å². The van der Waals surface area contributed by atoms with Crippen LogP contribution in [-0.4, -0.2) is 36.7 Å². The first-order chi connectivity index (χ1) is 16.3. The number of nitrogens with zero attached hydrogens (tertiary/aromatic N) is 3. The van der Waals surface area contributed by atoms with Crippen LogP contribution in [0.25, 0.3) is 11.1 Å². The summed E-state index contributed by atoms with van der Waals surface area (Å²) in [6.07, 6.45) is 3.32. The minimum Gasteiger partial charge on any atom is -0.348 e. The molecule has 8 heteroatoms. The first kappa shape index (κ1) is 23.6. The van der Waals surface area contributed by atoms with E-state index < -0.39 is 15.9 Å². The average molecular weight is 475 g/mol. The Bertz CT molecular complexity index is 1370. The van der Waals surface area contributed by atoms with E-state index in [9.17, 15) is 18.5 Å². The zero-order valence-electron chi connectivity index (χ0n) is 19.2. The lowest BCUT2D eigenvalue weighted by Gasteiger charge is -2.18.